The predicted molar refractivity (Wildman–Crippen MR) is 105 cm³/mol. The number of ether oxygens (including phenoxy) is 1. The first-order chi connectivity index (χ1) is 13.1. The number of carbonyl (C=O) groups is 2. The maximum atomic E-state index is 12.9. The van der Waals surface area contributed by atoms with Gasteiger partial charge in [0.15, 0.2) is 0 Å². The topological polar surface area (TPSA) is 49.9 Å². The highest BCUT2D eigenvalue weighted by Crippen LogP contribution is 2.20. The van der Waals surface area contributed by atoms with Gasteiger partial charge in [-0.1, -0.05) is 42.0 Å². The molecule has 2 aromatic carbocycles. The Morgan fingerprint density at radius 3 is 2.48 bits per heavy atom. The molecule has 5 heteroatoms. The van der Waals surface area contributed by atoms with Crippen LogP contribution >= 0.6 is 0 Å². The van der Waals surface area contributed by atoms with Crippen molar-refractivity contribution in [3.8, 4) is 5.75 Å². The maximum absolute atomic E-state index is 12.9. The summed E-state index contributed by atoms with van der Waals surface area (Å²) in [5.41, 5.74) is 2.76. The summed E-state index contributed by atoms with van der Waals surface area (Å²) in [6.07, 6.45) is 1.18. The van der Waals surface area contributed by atoms with Crippen LogP contribution in [0.3, 0.4) is 0 Å². The molecule has 2 aromatic rings. The van der Waals surface area contributed by atoms with Gasteiger partial charge >= 0.3 is 0 Å². The Hall–Kier alpha value is -2.82. The number of rotatable bonds is 4. The van der Waals surface area contributed by atoms with Crippen molar-refractivity contribution in [2.45, 2.75) is 19.8 Å². The highest BCUT2D eigenvalue weighted by Gasteiger charge is 2.24. The van der Waals surface area contributed by atoms with Crippen LogP contribution in [-0.4, -0.2) is 54.9 Å². The first kappa shape index (κ1) is 19.0. The van der Waals surface area contributed by atoms with E-state index >= 15 is 0 Å². The molecule has 0 spiro atoms. The van der Waals surface area contributed by atoms with Crippen LogP contribution in [0.4, 0.5) is 0 Å². The number of amides is 2. The molecule has 2 amide bonds. The van der Waals surface area contributed by atoms with Gasteiger partial charge in [0, 0.05) is 26.2 Å². The molecule has 0 atom stereocenters. The average Bonchev–Trinajstić information content (AvgIpc) is 2.94. The third-order valence-electron chi connectivity index (χ3n) is 4.91. The van der Waals surface area contributed by atoms with E-state index in [4.69, 9.17) is 4.74 Å². The minimum Gasteiger partial charge on any atom is -0.496 e. The second-order valence-electron chi connectivity index (χ2n) is 6.89. The Morgan fingerprint density at radius 2 is 1.70 bits per heavy atom. The van der Waals surface area contributed by atoms with Gasteiger partial charge < -0.3 is 14.5 Å². The van der Waals surface area contributed by atoms with E-state index in [1.54, 1.807) is 19.2 Å². The highest BCUT2D eigenvalue weighted by molar-refractivity contribution is 5.97. The van der Waals surface area contributed by atoms with Crippen LogP contribution in [0.5, 0.6) is 5.75 Å². The molecule has 0 aliphatic carbocycles. The molecule has 0 unspecified atom stereocenters. The predicted octanol–water partition coefficient (Wildman–Crippen LogP) is 2.92. The van der Waals surface area contributed by atoms with Gasteiger partial charge in [-0.2, -0.15) is 0 Å². The minimum atomic E-state index is -0.0413. The molecule has 3 rings (SSSR count). The van der Waals surface area contributed by atoms with Crippen molar-refractivity contribution in [3.05, 3.63) is 65.2 Å². The molecule has 0 aromatic heterocycles. The monoisotopic (exact) mass is 366 g/mol. The smallest absolute Gasteiger partial charge is 0.257 e. The zero-order valence-corrected chi connectivity index (χ0v) is 16.0. The lowest BCUT2D eigenvalue weighted by molar-refractivity contribution is -0.130. The van der Waals surface area contributed by atoms with Crippen molar-refractivity contribution < 1.29 is 14.3 Å². The number of benzene rings is 2. The van der Waals surface area contributed by atoms with E-state index < -0.39 is 0 Å². The first-order valence-corrected chi connectivity index (χ1v) is 9.34. The van der Waals surface area contributed by atoms with E-state index in [-0.39, 0.29) is 11.8 Å². The number of aryl methyl sites for hydroxylation is 1. The minimum absolute atomic E-state index is 0.0413. The largest absolute Gasteiger partial charge is 0.496 e. The normalized spacial score (nSPS) is 14.6. The van der Waals surface area contributed by atoms with E-state index in [0.29, 0.717) is 43.9 Å². The van der Waals surface area contributed by atoms with Gasteiger partial charge in [0.25, 0.3) is 5.91 Å². The lowest BCUT2D eigenvalue weighted by atomic mass is 10.1. The fourth-order valence-electron chi connectivity index (χ4n) is 3.47. The van der Waals surface area contributed by atoms with Crippen LogP contribution in [-0.2, 0) is 11.2 Å². The Morgan fingerprint density at radius 1 is 0.963 bits per heavy atom. The molecule has 0 saturated carbocycles. The number of hydrogen-bond acceptors (Lipinski definition) is 3. The van der Waals surface area contributed by atoms with Gasteiger partial charge in [0.2, 0.25) is 5.91 Å². The second kappa shape index (κ2) is 8.71. The molecule has 1 fully saturated rings. The lowest BCUT2D eigenvalue weighted by Crippen LogP contribution is -2.38. The van der Waals surface area contributed by atoms with Gasteiger partial charge in [0.1, 0.15) is 5.75 Å². The molecule has 5 nitrogen and oxygen atoms in total. The fraction of sp³-hybridized carbons (Fsp3) is 0.364. The van der Waals surface area contributed by atoms with Crippen molar-refractivity contribution in [2.24, 2.45) is 0 Å². The van der Waals surface area contributed by atoms with Crippen LogP contribution in [0.1, 0.15) is 27.9 Å². The molecule has 0 radical (unpaired) electrons. The lowest BCUT2D eigenvalue weighted by Gasteiger charge is -2.23. The number of para-hydroxylation sites is 1. The number of carbonyl (C=O) groups excluding carboxylic acids is 2. The molecule has 0 bridgehead atoms. The van der Waals surface area contributed by atoms with Gasteiger partial charge in [0.05, 0.1) is 19.1 Å². The van der Waals surface area contributed by atoms with Crippen molar-refractivity contribution in [2.75, 3.05) is 33.3 Å². The van der Waals surface area contributed by atoms with Crippen molar-refractivity contribution >= 4 is 11.8 Å². The Balaban J connectivity index is 1.63. The van der Waals surface area contributed by atoms with Crippen LogP contribution in [0.15, 0.2) is 48.5 Å². The summed E-state index contributed by atoms with van der Waals surface area (Å²) >= 11 is 0. The van der Waals surface area contributed by atoms with E-state index in [1.807, 2.05) is 53.1 Å². The van der Waals surface area contributed by atoms with Crippen molar-refractivity contribution in [1.29, 1.82) is 0 Å². The fourth-order valence-corrected chi connectivity index (χ4v) is 3.47. The third kappa shape index (κ3) is 4.67. The molecule has 1 heterocycles. The number of nitrogens with zero attached hydrogens (tertiary/aromatic N) is 2. The molecule has 27 heavy (non-hydrogen) atoms. The third-order valence-corrected chi connectivity index (χ3v) is 4.91. The Bertz CT molecular complexity index is 819. The van der Waals surface area contributed by atoms with Gasteiger partial charge in [-0.15, -0.1) is 0 Å². The number of methoxy groups -OCH3 is 1. The van der Waals surface area contributed by atoms with E-state index in [9.17, 15) is 9.59 Å². The molecule has 1 saturated heterocycles. The quantitative estimate of drug-likeness (QED) is 0.836. The molecule has 142 valence electrons. The van der Waals surface area contributed by atoms with Crippen LogP contribution < -0.4 is 4.74 Å². The summed E-state index contributed by atoms with van der Waals surface area (Å²) in [4.78, 5) is 29.3. The van der Waals surface area contributed by atoms with E-state index in [2.05, 4.69) is 0 Å². The number of hydrogen-bond donors (Lipinski definition) is 0. The Kier molecular flexibility index (Phi) is 6.12. The summed E-state index contributed by atoms with van der Waals surface area (Å²) in [6.45, 7) is 4.45. The van der Waals surface area contributed by atoms with Crippen molar-refractivity contribution in [3.63, 3.8) is 0 Å². The standard InChI is InChI=1S/C22H26N2O3/c1-17-7-5-8-18(15-17)16-21(25)23-11-6-12-24(14-13-23)22(26)19-9-3-4-10-20(19)27-2/h3-5,7-10,15H,6,11-14,16H2,1-2H3. The molecule has 1 aliphatic heterocycles. The van der Waals surface area contributed by atoms with Crippen LogP contribution in [0, 0.1) is 6.92 Å². The summed E-state index contributed by atoms with van der Waals surface area (Å²) < 4.78 is 5.31. The average molecular weight is 366 g/mol. The van der Waals surface area contributed by atoms with E-state index in [1.165, 1.54) is 0 Å². The van der Waals surface area contributed by atoms with Crippen LogP contribution in [0.25, 0.3) is 0 Å². The molecular weight excluding hydrogens is 340 g/mol. The zero-order chi connectivity index (χ0) is 19.2. The van der Waals surface area contributed by atoms with E-state index in [0.717, 1.165) is 17.5 Å². The van der Waals surface area contributed by atoms with Crippen LogP contribution in [0.2, 0.25) is 0 Å². The first-order valence-electron chi connectivity index (χ1n) is 9.34. The Labute approximate surface area is 160 Å². The second-order valence-corrected chi connectivity index (χ2v) is 6.89. The summed E-state index contributed by atoms with van der Waals surface area (Å²) in [7, 11) is 1.57. The van der Waals surface area contributed by atoms with Crippen molar-refractivity contribution in [1.82, 2.24) is 9.80 Å². The molecular formula is C22H26N2O3. The van der Waals surface area contributed by atoms with Gasteiger partial charge in [-0.25, -0.2) is 0 Å². The molecule has 0 N–H and O–H groups in total. The summed E-state index contributed by atoms with van der Waals surface area (Å²) in [5.74, 6) is 0.659. The summed E-state index contributed by atoms with van der Waals surface area (Å²) in [6, 6.07) is 15.3. The SMILES string of the molecule is COc1ccccc1C(=O)N1CCCN(C(=O)Cc2cccc(C)c2)CC1. The summed E-state index contributed by atoms with van der Waals surface area (Å²) in [5, 5.41) is 0. The highest BCUT2D eigenvalue weighted by atomic mass is 16.5. The van der Waals surface area contributed by atoms with Gasteiger partial charge in [-0.05, 0) is 31.0 Å². The molecule has 1 aliphatic rings. The zero-order valence-electron chi connectivity index (χ0n) is 16.0. The van der Waals surface area contributed by atoms with Gasteiger partial charge in [-0.3, -0.25) is 9.59 Å². The maximum Gasteiger partial charge on any atom is 0.257 e.